The molecule has 2 aromatic rings. The molecule has 5 heteroatoms. The number of nitrogens with two attached hydrogens (primary N) is 1. The van der Waals surface area contributed by atoms with Crippen molar-refractivity contribution in [1.29, 1.82) is 0 Å². The van der Waals surface area contributed by atoms with Crippen LogP contribution in [0.2, 0.25) is 0 Å². The Kier molecular flexibility index (Phi) is 4.04. The predicted octanol–water partition coefficient (Wildman–Crippen LogP) is 2.64. The summed E-state index contributed by atoms with van der Waals surface area (Å²) in [6, 6.07) is 6.11. The lowest BCUT2D eigenvalue weighted by Crippen LogP contribution is -2.35. The van der Waals surface area contributed by atoms with Gasteiger partial charge in [0.25, 0.3) is 0 Å². The molecule has 0 saturated heterocycles. The molecule has 1 amide bonds. The average Bonchev–Trinajstić information content (AvgIpc) is 2.67. The van der Waals surface area contributed by atoms with E-state index in [1.807, 2.05) is 32.9 Å². The van der Waals surface area contributed by atoms with Crippen molar-refractivity contribution < 1.29 is 4.79 Å². The van der Waals surface area contributed by atoms with E-state index in [1.165, 1.54) is 0 Å². The van der Waals surface area contributed by atoms with E-state index in [0.717, 1.165) is 22.4 Å². The Morgan fingerprint density at radius 2 is 2.15 bits per heavy atom. The maximum absolute atomic E-state index is 11.6. The predicted molar refractivity (Wildman–Crippen MR) is 81.9 cm³/mol. The Hall–Kier alpha value is -1.55. The molecule has 0 fully saturated rings. The van der Waals surface area contributed by atoms with Crippen LogP contribution in [-0.4, -0.2) is 21.3 Å². The van der Waals surface area contributed by atoms with E-state index >= 15 is 0 Å². The SMILES string of the molecule is Cc1ccc2nc(CCCl)n(CC(C)(C)C(N)=O)c2c1. The third-order valence-electron chi connectivity index (χ3n) is 3.52. The highest BCUT2D eigenvalue weighted by Crippen LogP contribution is 2.24. The molecule has 2 rings (SSSR count). The quantitative estimate of drug-likeness (QED) is 0.862. The third-order valence-corrected chi connectivity index (χ3v) is 3.71. The molecular weight excluding hydrogens is 274 g/mol. The second-order valence-electron chi connectivity index (χ2n) is 5.79. The lowest BCUT2D eigenvalue weighted by atomic mass is 9.92. The van der Waals surface area contributed by atoms with Crippen LogP contribution >= 0.6 is 11.6 Å². The number of halogens is 1. The fraction of sp³-hybridized carbons (Fsp3) is 0.467. The summed E-state index contributed by atoms with van der Waals surface area (Å²) in [5.74, 6) is 1.08. The third kappa shape index (κ3) is 2.80. The van der Waals surface area contributed by atoms with Crippen LogP contribution in [-0.2, 0) is 17.8 Å². The summed E-state index contributed by atoms with van der Waals surface area (Å²) in [4.78, 5) is 16.2. The van der Waals surface area contributed by atoms with Gasteiger partial charge in [-0.05, 0) is 38.5 Å². The zero-order valence-corrected chi connectivity index (χ0v) is 12.9. The van der Waals surface area contributed by atoms with Gasteiger partial charge in [0.15, 0.2) is 0 Å². The molecule has 4 nitrogen and oxygen atoms in total. The van der Waals surface area contributed by atoms with Crippen molar-refractivity contribution >= 4 is 28.5 Å². The standard InChI is InChI=1S/C15H20ClN3O/c1-10-4-5-11-12(8-10)19(13(18-11)6-7-16)9-15(2,3)14(17)20/h4-5,8H,6-7,9H2,1-3H3,(H2,17,20). The Balaban J connectivity index is 2.55. The van der Waals surface area contributed by atoms with Gasteiger partial charge in [0.1, 0.15) is 5.82 Å². The number of hydrogen-bond donors (Lipinski definition) is 1. The van der Waals surface area contributed by atoms with E-state index in [1.54, 1.807) is 0 Å². The number of hydrogen-bond acceptors (Lipinski definition) is 2. The number of rotatable bonds is 5. The second kappa shape index (κ2) is 5.44. The maximum Gasteiger partial charge on any atom is 0.224 e. The van der Waals surface area contributed by atoms with Crippen LogP contribution in [0, 0.1) is 12.3 Å². The number of nitrogens with zero attached hydrogens (tertiary/aromatic N) is 2. The van der Waals surface area contributed by atoms with Gasteiger partial charge in [0, 0.05) is 18.8 Å². The lowest BCUT2D eigenvalue weighted by Gasteiger charge is -2.22. The van der Waals surface area contributed by atoms with Gasteiger partial charge in [-0.1, -0.05) is 6.07 Å². The fourth-order valence-electron chi connectivity index (χ4n) is 2.21. The number of benzene rings is 1. The molecule has 0 atom stereocenters. The van der Waals surface area contributed by atoms with Crippen molar-refractivity contribution in [3.8, 4) is 0 Å². The summed E-state index contributed by atoms with van der Waals surface area (Å²) in [5, 5.41) is 0. The normalized spacial score (nSPS) is 12.0. The maximum atomic E-state index is 11.6. The summed E-state index contributed by atoms with van der Waals surface area (Å²) in [6.07, 6.45) is 0.671. The monoisotopic (exact) mass is 293 g/mol. The summed E-state index contributed by atoms with van der Waals surface area (Å²) < 4.78 is 2.06. The molecule has 0 bridgehead atoms. The molecule has 0 aliphatic carbocycles. The van der Waals surface area contributed by atoms with Crippen LogP contribution in [0.1, 0.15) is 25.2 Å². The van der Waals surface area contributed by atoms with Crippen molar-refractivity contribution in [3.63, 3.8) is 0 Å². The number of carbonyl (C=O) groups excluding carboxylic acids is 1. The topological polar surface area (TPSA) is 60.9 Å². The number of aryl methyl sites for hydroxylation is 2. The summed E-state index contributed by atoms with van der Waals surface area (Å²) in [5.41, 5.74) is 7.97. The molecule has 20 heavy (non-hydrogen) atoms. The van der Waals surface area contributed by atoms with Gasteiger partial charge in [-0.25, -0.2) is 4.98 Å². The minimum Gasteiger partial charge on any atom is -0.369 e. The Morgan fingerprint density at radius 1 is 1.45 bits per heavy atom. The van der Waals surface area contributed by atoms with E-state index in [0.29, 0.717) is 18.8 Å². The summed E-state index contributed by atoms with van der Waals surface area (Å²) in [7, 11) is 0. The lowest BCUT2D eigenvalue weighted by molar-refractivity contribution is -0.126. The summed E-state index contributed by atoms with van der Waals surface area (Å²) >= 11 is 5.86. The van der Waals surface area contributed by atoms with E-state index in [9.17, 15) is 4.79 Å². The molecule has 0 aliphatic heterocycles. The van der Waals surface area contributed by atoms with Crippen molar-refractivity contribution in [2.75, 3.05) is 5.88 Å². The zero-order valence-electron chi connectivity index (χ0n) is 12.1. The van der Waals surface area contributed by atoms with Gasteiger partial charge in [-0.2, -0.15) is 0 Å². The smallest absolute Gasteiger partial charge is 0.224 e. The molecule has 108 valence electrons. The first-order chi connectivity index (χ1) is 9.35. The highest BCUT2D eigenvalue weighted by Gasteiger charge is 2.27. The van der Waals surface area contributed by atoms with E-state index in [2.05, 4.69) is 15.6 Å². The van der Waals surface area contributed by atoms with Gasteiger partial charge >= 0.3 is 0 Å². The van der Waals surface area contributed by atoms with Crippen molar-refractivity contribution in [2.24, 2.45) is 11.1 Å². The van der Waals surface area contributed by atoms with Crippen molar-refractivity contribution in [3.05, 3.63) is 29.6 Å². The molecule has 0 aliphatic rings. The number of alkyl halides is 1. The number of aromatic nitrogens is 2. The van der Waals surface area contributed by atoms with Crippen LogP contribution in [0.15, 0.2) is 18.2 Å². The highest BCUT2D eigenvalue weighted by molar-refractivity contribution is 6.17. The van der Waals surface area contributed by atoms with E-state index in [4.69, 9.17) is 17.3 Å². The van der Waals surface area contributed by atoms with E-state index < -0.39 is 5.41 Å². The van der Waals surface area contributed by atoms with Crippen LogP contribution in [0.25, 0.3) is 11.0 Å². The van der Waals surface area contributed by atoms with Gasteiger partial charge in [-0.15, -0.1) is 11.6 Å². The van der Waals surface area contributed by atoms with Gasteiger partial charge in [0.2, 0.25) is 5.91 Å². The number of fused-ring (bicyclic) bond motifs is 1. The molecule has 2 N–H and O–H groups in total. The number of carbonyl (C=O) groups is 1. The minimum absolute atomic E-state index is 0.316. The average molecular weight is 294 g/mol. The zero-order chi connectivity index (χ0) is 14.9. The van der Waals surface area contributed by atoms with Crippen molar-refractivity contribution in [1.82, 2.24) is 9.55 Å². The Labute approximate surface area is 123 Å². The molecule has 1 aromatic heterocycles. The van der Waals surface area contributed by atoms with Crippen LogP contribution in [0.5, 0.6) is 0 Å². The van der Waals surface area contributed by atoms with Crippen LogP contribution in [0.3, 0.4) is 0 Å². The first kappa shape index (κ1) is 14.9. The second-order valence-corrected chi connectivity index (χ2v) is 6.17. The van der Waals surface area contributed by atoms with Crippen molar-refractivity contribution in [2.45, 2.75) is 33.7 Å². The Bertz CT molecular complexity index is 646. The van der Waals surface area contributed by atoms with Crippen LogP contribution in [0.4, 0.5) is 0 Å². The van der Waals surface area contributed by atoms with Gasteiger partial charge in [-0.3, -0.25) is 4.79 Å². The summed E-state index contributed by atoms with van der Waals surface area (Å²) in [6.45, 7) is 6.24. The van der Waals surface area contributed by atoms with E-state index in [-0.39, 0.29) is 5.91 Å². The highest BCUT2D eigenvalue weighted by atomic mass is 35.5. The molecule has 0 unspecified atom stereocenters. The van der Waals surface area contributed by atoms with Crippen LogP contribution < -0.4 is 5.73 Å². The first-order valence-electron chi connectivity index (χ1n) is 6.67. The minimum atomic E-state index is -0.627. The van der Waals surface area contributed by atoms with Gasteiger partial charge < -0.3 is 10.3 Å². The molecule has 0 spiro atoms. The molecular formula is C15H20ClN3O. The number of amides is 1. The first-order valence-corrected chi connectivity index (χ1v) is 7.20. The largest absolute Gasteiger partial charge is 0.369 e. The molecule has 1 aromatic carbocycles. The Morgan fingerprint density at radius 3 is 2.75 bits per heavy atom. The molecule has 0 saturated carbocycles. The fourth-order valence-corrected chi connectivity index (χ4v) is 2.38. The molecule has 1 heterocycles. The van der Waals surface area contributed by atoms with Gasteiger partial charge in [0.05, 0.1) is 16.4 Å². The number of primary amides is 1. The number of imidazole rings is 1. The molecule has 0 radical (unpaired) electrons.